The topological polar surface area (TPSA) is 108 Å². The molecule has 2 N–H and O–H groups in total. The number of benzene rings is 2. The molecule has 9 nitrogen and oxygen atoms in total. The van der Waals surface area contributed by atoms with Crippen molar-refractivity contribution in [2.75, 3.05) is 27.3 Å². The van der Waals surface area contributed by atoms with Crippen LogP contribution in [0.25, 0.3) is 21.8 Å². The number of carbonyl (C=O) groups excluding carboxylic acids is 3. The van der Waals surface area contributed by atoms with E-state index >= 15 is 0 Å². The molecule has 12 rings (SSSR count). The molecule has 6 aliphatic heterocycles. The van der Waals surface area contributed by atoms with Gasteiger partial charge in [0, 0.05) is 83.3 Å². The van der Waals surface area contributed by atoms with Gasteiger partial charge in [-0.1, -0.05) is 63.1 Å². The van der Waals surface area contributed by atoms with Crippen molar-refractivity contribution in [3.05, 3.63) is 71.0 Å². The number of hydrogen-bond acceptors (Lipinski definition) is 7. The molecule has 0 radical (unpaired) electrons. The van der Waals surface area contributed by atoms with Crippen LogP contribution in [-0.2, 0) is 47.5 Å². The molecule has 8 bridgehead atoms. The number of ketones is 1. The smallest absolute Gasteiger partial charge is 0.319 e. The number of carbonyl (C=O) groups is 3. The van der Waals surface area contributed by atoms with Crippen LogP contribution >= 0.6 is 0 Å². The lowest BCUT2D eigenvalue weighted by Crippen LogP contribution is -2.71. The summed E-state index contributed by atoms with van der Waals surface area (Å²) in [6.45, 7) is 6.17. The van der Waals surface area contributed by atoms with Gasteiger partial charge in [0.2, 0.25) is 0 Å². The number of nitrogens with one attached hydrogen (secondary N) is 2. The van der Waals surface area contributed by atoms with E-state index in [9.17, 15) is 14.4 Å². The molecule has 2 aliphatic carbocycles. The summed E-state index contributed by atoms with van der Waals surface area (Å²) in [4.78, 5) is 55.9. The highest BCUT2D eigenvalue weighted by Gasteiger charge is 2.67. The Kier molecular flexibility index (Phi) is 8.02. The van der Waals surface area contributed by atoms with E-state index in [0.717, 1.165) is 74.0 Å². The Labute approximate surface area is 317 Å². The number of methoxy groups -OCH3 is 2. The molecule has 4 aromatic rings. The number of aromatic amines is 2. The van der Waals surface area contributed by atoms with Crippen molar-refractivity contribution in [2.45, 2.75) is 113 Å². The number of H-pyrrole nitrogens is 2. The van der Waals surface area contributed by atoms with Crippen molar-refractivity contribution in [3.63, 3.8) is 0 Å². The lowest BCUT2D eigenvalue weighted by molar-refractivity contribution is -0.170. The third-order valence-corrected chi connectivity index (χ3v) is 15.7. The van der Waals surface area contributed by atoms with Gasteiger partial charge in [0.25, 0.3) is 0 Å². The van der Waals surface area contributed by atoms with Crippen molar-refractivity contribution in [1.29, 1.82) is 0 Å². The Morgan fingerprint density at radius 1 is 0.685 bits per heavy atom. The molecule has 4 saturated heterocycles. The van der Waals surface area contributed by atoms with Crippen molar-refractivity contribution in [3.8, 4) is 0 Å². The first-order valence-electron chi connectivity index (χ1n) is 20.7. The van der Waals surface area contributed by atoms with E-state index in [4.69, 9.17) is 9.47 Å². The molecule has 2 aromatic heterocycles. The fourth-order valence-electron chi connectivity index (χ4n) is 13.9. The minimum absolute atomic E-state index is 0.0156. The highest BCUT2D eigenvalue weighted by Crippen LogP contribution is 2.60. The van der Waals surface area contributed by atoms with Crippen molar-refractivity contribution in [1.82, 2.24) is 19.8 Å². The van der Waals surface area contributed by atoms with E-state index in [0.29, 0.717) is 43.3 Å². The Balaban J connectivity index is 0.973. The molecule has 54 heavy (non-hydrogen) atoms. The molecule has 9 heteroatoms. The van der Waals surface area contributed by atoms with E-state index in [1.165, 1.54) is 36.1 Å². The first-order valence-corrected chi connectivity index (χ1v) is 20.7. The number of ether oxygens (including phenoxy) is 2. The summed E-state index contributed by atoms with van der Waals surface area (Å²) >= 11 is 0. The van der Waals surface area contributed by atoms with Crippen LogP contribution in [0.4, 0.5) is 0 Å². The number of esters is 2. The van der Waals surface area contributed by atoms with Crippen LogP contribution in [0, 0.1) is 23.7 Å². The number of hydrogen-bond donors (Lipinski definition) is 2. The first-order chi connectivity index (χ1) is 26.3. The first kappa shape index (κ1) is 34.5. The zero-order valence-corrected chi connectivity index (χ0v) is 32.2. The van der Waals surface area contributed by atoms with Crippen LogP contribution in [0.1, 0.15) is 87.7 Å². The minimum atomic E-state index is -0.774. The summed E-state index contributed by atoms with van der Waals surface area (Å²) in [6, 6.07) is 17.0. The van der Waals surface area contributed by atoms with Crippen LogP contribution < -0.4 is 0 Å². The summed E-state index contributed by atoms with van der Waals surface area (Å²) in [7, 11) is 3.08. The summed E-state index contributed by atoms with van der Waals surface area (Å²) in [5.41, 5.74) is 5.19. The summed E-state index contributed by atoms with van der Waals surface area (Å²) in [6.07, 6.45) is 8.17. The predicted octanol–water partition coefficient (Wildman–Crippen LogP) is 6.61. The van der Waals surface area contributed by atoms with Crippen LogP contribution in [0.15, 0.2) is 48.5 Å². The second-order valence-electron chi connectivity index (χ2n) is 17.7. The Morgan fingerprint density at radius 3 is 1.52 bits per heavy atom. The van der Waals surface area contributed by atoms with Crippen molar-refractivity contribution < 1.29 is 23.9 Å². The number of nitrogens with zero attached hydrogens (tertiary/aromatic N) is 2. The second kappa shape index (κ2) is 12.5. The van der Waals surface area contributed by atoms with E-state index in [2.05, 4.69) is 82.1 Å². The third kappa shape index (κ3) is 4.48. The van der Waals surface area contributed by atoms with Crippen LogP contribution in [0.2, 0.25) is 0 Å². The Morgan fingerprint density at radius 2 is 1.11 bits per heavy atom. The number of aromatic nitrogens is 2. The highest BCUT2D eigenvalue weighted by atomic mass is 16.5. The number of para-hydroxylation sites is 2. The zero-order chi connectivity index (χ0) is 37.1. The average molecular weight is 731 g/mol. The van der Waals surface area contributed by atoms with Gasteiger partial charge in [-0.05, 0) is 85.5 Å². The number of Topliss-reactive ketones (excluding diaryl/α,β-unsaturated/α-hetero) is 1. The zero-order valence-electron chi connectivity index (χ0n) is 32.2. The van der Waals surface area contributed by atoms with Gasteiger partial charge in [0.05, 0.1) is 14.2 Å². The van der Waals surface area contributed by atoms with Crippen molar-refractivity contribution in [2.24, 2.45) is 23.7 Å². The van der Waals surface area contributed by atoms with Crippen LogP contribution in [0.5, 0.6) is 0 Å². The molecular formula is C45H54N4O5. The molecule has 2 aromatic carbocycles. The fraction of sp³-hybridized carbons (Fsp3) is 0.578. The Hall–Kier alpha value is -3.95. The molecule has 6 fully saturated rings. The van der Waals surface area contributed by atoms with E-state index in [-0.39, 0.29) is 47.9 Å². The minimum Gasteiger partial charge on any atom is -0.468 e. The molecule has 0 amide bonds. The third-order valence-electron chi connectivity index (χ3n) is 15.7. The molecule has 2 saturated carbocycles. The largest absolute Gasteiger partial charge is 0.468 e. The van der Waals surface area contributed by atoms with Gasteiger partial charge in [-0.15, -0.1) is 0 Å². The monoisotopic (exact) mass is 730 g/mol. The molecule has 0 spiro atoms. The van der Waals surface area contributed by atoms with Gasteiger partial charge in [-0.3, -0.25) is 24.2 Å². The van der Waals surface area contributed by atoms with Crippen LogP contribution in [0.3, 0.4) is 0 Å². The number of fused-ring (bicyclic) bond motifs is 8. The van der Waals surface area contributed by atoms with Gasteiger partial charge < -0.3 is 19.4 Å². The summed E-state index contributed by atoms with van der Waals surface area (Å²) in [5, 5.41) is 2.39. The fourth-order valence-corrected chi connectivity index (χ4v) is 13.9. The second-order valence-corrected chi connectivity index (χ2v) is 17.7. The Bertz CT molecular complexity index is 2020. The van der Waals surface area contributed by atoms with Crippen LogP contribution in [-0.4, -0.2) is 89.0 Å². The molecule has 8 heterocycles. The SMILES string of the molecule is CC[C@H]1C[C@@H]2C[C@@]3(C(=O)OC)c4[nH]c5ccccc5c4CCN([C@@H]2CC(=O)C[C@@H]2[C@@H]4C[C@H](CC)[C@@H]5N2CCc2c([nH]c6ccccc26)[C@]5(C(=O)OC)C4)[C@@H]13. The predicted molar refractivity (Wildman–Crippen MR) is 207 cm³/mol. The van der Waals surface area contributed by atoms with Gasteiger partial charge in [0.1, 0.15) is 16.6 Å². The van der Waals surface area contributed by atoms with Gasteiger partial charge >= 0.3 is 11.9 Å². The maximum absolute atomic E-state index is 14.7. The summed E-state index contributed by atoms with van der Waals surface area (Å²) in [5.74, 6) is 1.17. The lowest BCUT2D eigenvalue weighted by atomic mass is 9.53. The molecule has 12 atom stereocenters. The number of piperidine rings is 4. The normalized spacial score (nSPS) is 37.3. The quantitative estimate of drug-likeness (QED) is 0.197. The van der Waals surface area contributed by atoms with Gasteiger partial charge in [0.15, 0.2) is 0 Å². The van der Waals surface area contributed by atoms with E-state index in [1.54, 1.807) is 0 Å². The molecule has 8 aliphatic rings. The molecule has 2 unspecified atom stereocenters. The highest BCUT2D eigenvalue weighted by molar-refractivity contribution is 5.93. The van der Waals surface area contributed by atoms with E-state index in [1.807, 2.05) is 0 Å². The maximum Gasteiger partial charge on any atom is 0.319 e. The maximum atomic E-state index is 14.7. The van der Waals surface area contributed by atoms with E-state index < -0.39 is 10.8 Å². The lowest BCUT2D eigenvalue weighted by Gasteiger charge is -2.62. The number of rotatable bonds is 8. The molecule has 284 valence electrons. The standard InChI is InChI=1S/C45H54N4O5/c1-5-25-19-27-23-44(42(51)53-3)38-32(30-11-7-9-13-34(30)46-38)15-17-48(40(25)44)36(27)21-29(50)22-37-28-20-26(6-2)41-45(24-28,43(52)54-4)39-33(16-18-49(37)41)31-12-8-10-14-35(31)47-39/h7-14,25-28,36-37,40-41,46-47H,5-6,15-24H2,1-4H3/t25-,26-,27+,28+,36+,37+,40-,41-,44+,45+/m0/s1. The average Bonchev–Trinajstić information content (AvgIpc) is 3.71. The van der Waals surface area contributed by atoms with Gasteiger partial charge in [-0.2, -0.15) is 0 Å². The van der Waals surface area contributed by atoms with Crippen molar-refractivity contribution >= 4 is 39.5 Å². The molecular weight excluding hydrogens is 677 g/mol. The summed E-state index contributed by atoms with van der Waals surface area (Å²) < 4.78 is 11.4. The van der Waals surface area contributed by atoms with Gasteiger partial charge in [-0.25, -0.2) is 0 Å².